The third-order valence-corrected chi connectivity index (χ3v) is 3.05. The first-order chi connectivity index (χ1) is 9.20. The summed E-state index contributed by atoms with van der Waals surface area (Å²) in [4.78, 5) is 0. The van der Waals surface area contributed by atoms with Crippen molar-refractivity contribution in [2.75, 3.05) is 0 Å². The summed E-state index contributed by atoms with van der Waals surface area (Å²) in [5.41, 5.74) is 1.06. The molecule has 1 aromatic rings. The number of aromatic hydroxyl groups is 1. The Morgan fingerprint density at radius 1 is 1.05 bits per heavy atom. The molecule has 0 aliphatic heterocycles. The molecule has 0 spiro atoms. The Labute approximate surface area is 136 Å². The summed E-state index contributed by atoms with van der Waals surface area (Å²) in [6, 6.07) is 7.88. The van der Waals surface area contributed by atoms with E-state index in [1.165, 1.54) is 51.4 Å². The van der Waals surface area contributed by atoms with Gasteiger partial charge in [0.25, 0.3) is 0 Å². The topological polar surface area (TPSA) is 20.2 Å². The van der Waals surface area contributed by atoms with Crippen molar-refractivity contribution in [3.8, 4) is 5.75 Å². The largest absolute Gasteiger partial charge is 2.00 e. The Morgan fingerprint density at radius 2 is 1.60 bits per heavy atom. The molecule has 0 heterocycles. The van der Waals surface area contributed by atoms with Gasteiger partial charge in [-0.25, -0.2) is 0 Å². The molecule has 1 aromatic carbocycles. The molecule has 1 nitrogen and oxygen atoms in total. The Balaban J connectivity index is 0. The summed E-state index contributed by atoms with van der Waals surface area (Å²) in [5.74, 6) is 0.213. The molecule has 0 unspecified atom stereocenters. The second-order valence-corrected chi connectivity index (χ2v) is 5.08. The molecular weight excluding hydrogens is 291 g/mol. The second-order valence-electron chi connectivity index (χ2n) is 5.08. The van der Waals surface area contributed by atoms with Crippen LogP contribution in [0, 0.1) is 19.9 Å². The zero-order chi connectivity index (χ0) is 14.3. The van der Waals surface area contributed by atoms with Gasteiger partial charge in [0.2, 0.25) is 0 Å². The van der Waals surface area contributed by atoms with Crippen LogP contribution in [0.4, 0.5) is 0 Å². The van der Waals surface area contributed by atoms with Gasteiger partial charge in [-0.05, 0) is 0 Å². The van der Waals surface area contributed by atoms with Crippen LogP contribution in [0.2, 0.25) is 0 Å². The van der Waals surface area contributed by atoms with Gasteiger partial charge in [0.05, 0.1) is 0 Å². The fourth-order valence-corrected chi connectivity index (χ4v) is 1.87. The molecule has 0 aliphatic rings. The van der Waals surface area contributed by atoms with Gasteiger partial charge in [0, 0.05) is 5.75 Å². The number of rotatable bonds is 8. The van der Waals surface area contributed by atoms with Crippen LogP contribution in [-0.4, -0.2) is 5.11 Å². The average molecular weight is 321 g/mol. The van der Waals surface area contributed by atoms with Crippen LogP contribution in [0.3, 0.4) is 0 Å². The number of hydrogen-bond acceptors (Lipinski definition) is 1. The van der Waals surface area contributed by atoms with Gasteiger partial charge >= 0.3 is 16.5 Å². The normalized spacial score (nSPS) is 9.35. The average Bonchev–Trinajstić information content (AvgIpc) is 2.38. The van der Waals surface area contributed by atoms with Gasteiger partial charge in [-0.2, -0.15) is 24.1 Å². The van der Waals surface area contributed by atoms with Crippen LogP contribution >= 0.6 is 0 Å². The summed E-state index contributed by atoms with van der Waals surface area (Å²) >= 11 is 0. The van der Waals surface area contributed by atoms with Gasteiger partial charge < -0.3 is 12.0 Å². The summed E-state index contributed by atoms with van der Waals surface area (Å²) < 4.78 is 0. The van der Waals surface area contributed by atoms with Crippen molar-refractivity contribution in [3.05, 3.63) is 36.8 Å². The van der Waals surface area contributed by atoms with Crippen molar-refractivity contribution in [2.45, 2.75) is 71.6 Å². The van der Waals surface area contributed by atoms with E-state index in [1.54, 1.807) is 12.1 Å². The van der Waals surface area contributed by atoms with E-state index in [0.717, 1.165) is 12.0 Å². The van der Waals surface area contributed by atoms with Gasteiger partial charge in [0.15, 0.2) is 0 Å². The van der Waals surface area contributed by atoms with Crippen LogP contribution in [0.15, 0.2) is 18.2 Å². The maximum atomic E-state index is 8.76. The van der Waals surface area contributed by atoms with Gasteiger partial charge in [-0.15, -0.1) is 12.1 Å². The molecule has 0 aliphatic carbocycles. The molecule has 0 radical (unpaired) electrons. The SMILES string of the molecule is Cc1cc[c-]c(O)c1.[CH2-]CCCCCCCCCC.[Ni+2]. The van der Waals surface area contributed by atoms with E-state index >= 15 is 0 Å². The van der Waals surface area contributed by atoms with Crippen LogP contribution in [0.1, 0.15) is 70.3 Å². The van der Waals surface area contributed by atoms with Crippen LogP contribution in [0.25, 0.3) is 0 Å². The van der Waals surface area contributed by atoms with E-state index in [0.29, 0.717) is 0 Å². The zero-order valence-electron chi connectivity index (χ0n) is 13.1. The van der Waals surface area contributed by atoms with Gasteiger partial charge in [-0.3, -0.25) is 0 Å². The Hall–Kier alpha value is -0.486. The molecule has 118 valence electrons. The van der Waals surface area contributed by atoms with E-state index in [1.807, 2.05) is 13.0 Å². The molecule has 0 bridgehead atoms. The van der Waals surface area contributed by atoms with Gasteiger partial charge in [-0.1, -0.05) is 65.2 Å². The number of aryl methyl sites for hydroxylation is 1. The number of benzene rings is 1. The predicted octanol–water partition coefficient (Wildman–Crippen LogP) is 5.85. The number of phenolic OH excluding ortho intramolecular Hbond substituents is 1. The Kier molecular flexibility index (Phi) is 18.1. The molecule has 1 rings (SSSR count). The van der Waals surface area contributed by atoms with Crippen molar-refractivity contribution < 1.29 is 21.6 Å². The summed E-state index contributed by atoms with van der Waals surface area (Å²) in [7, 11) is 0. The Morgan fingerprint density at radius 3 is 2.00 bits per heavy atom. The minimum absolute atomic E-state index is 0. The molecule has 0 saturated carbocycles. The zero-order valence-corrected chi connectivity index (χ0v) is 14.1. The summed E-state index contributed by atoms with van der Waals surface area (Å²) in [5, 5.41) is 8.76. The van der Waals surface area contributed by atoms with Crippen molar-refractivity contribution in [1.29, 1.82) is 0 Å². The third kappa shape index (κ3) is 15.6. The maximum Gasteiger partial charge on any atom is 2.00 e. The van der Waals surface area contributed by atoms with Crippen molar-refractivity contribution in [3.63, 3.8) is 0 Å². The summed E-state index contributed by atoms with van der Waals surface area (Å²) in [6.45, 7) is 8.02. The van der Waals surface area contributed by atoms with E-state index in [9.17, 15) is 0 Å². The molecule has 0 saturated heterocycles. The molecular formula is C18H30NiO. The number of phenols is 1. The van der Waals surface area contributed by atoms with Crippen molar-refractivity contribution >= 4 is 0 Å². The third-order valence-electron chi connectivity index (χ3n) is 3.05. The van der Waals surface area contributed by atoms with Crippen LogP contribution in [-0.2, 0) is 16.5 Å². The van der Waals surface area contributed by atoms with E-state index < -0.39 is 0 Å². The first-order valence-electron chi connectivity index (χ1n) is 7.67. The standard InChI is InChI=1S/C11H23.C7H7O.Ni/c1-3-5-7-9-11-10-8-6-4-2;1-6-3-2-4-7(8)5-6;/h1,3-11H2,2H3;2-3,5,8H,1H3;/q2*-1;+2. The van der Waals surface area contributed by atoms with Gasteiger partial charge in [0.1, 0.15) is 0 Å². The summed E-state index contributed by atoms with van der Waals surface area (Å²) in [6.07, 6.45) is 12.4. The minimum atomic E-state index is 0. The fourth-order valence-electron chi connectivity index (χ4n) is 1.87. The maximum absolute atomic E-state index is 8.76. The fraction of sp³-hybridized carbons (Fsp3) is 0.611. The van der Waals surface area contributed by atoms with E-state index in [2.05, 4.69) is 19.9 Å². The molecule has 1 N–H and O–H groups in total. The van der Waals surface area contributed by atoms with Crippen molar-refractivity contribution in [2.24, 2.45) is 0 Å². The number of hydrogen-bond donors (Lipinski definition) is 1. The molecule has 0 amide bonds. The molecule has 2 heteroatoms. The first kappa shape index (κ1) is 21.8. The first-order valence-corrected chi connectivity index (χ1v) is 7.67. The van der Waals surface area contributed by atoms with Crippen molar-refractivity contribution in [1.82, 2.24) is 0 Å². The van der Waals surface area contributed by atoms with E-state index in [-0.39, 0.29) is 22.2 Å². The Bertz CT molecular complexity index is 274. The minimum Gasteiger partial charge on any atom is -0.534 e. The van der Waals surface area contributed by atoms with Crippen LogP contribution in [0.5, 0.6) is 5.75 Å². The quantitative estimate of drug-likeness (QED) is 0.362. The number of unbranched alkanes of at least 4 members (excludes halogenated alkanes) is 8. The molecule has 20 heavy (non-hydrogen) atoms. The second kappa shape index (κ2) is 16.6. The van der Waals surface area contributed by atoms with Crippen LogP contribution < -0.4 is 0 Å². The monoisotopic (exact) mass is 320 g/mol. The predicted molar refractivity (Wildman–Crippen MR) is 84.3 cm³/mol. The molecule has 0 atom stereocenters. The smallest absolute Gasteiger partial charge is 0.534 e. The molecule has 0 aromatic heterocycles. The molecule has 0 fully saturated rings. The van der Waals surface area contributed by atoms with E-state index in [4.69, 9.17) is 5.11 Å².